The number of benzene rings is 2. The summed E-state index contributed by atoms with van der Waals surface area (Å²) in [5.74, 6) is 1.35. The van der Waals surface area contributed by atoms with Crippen molar-refractivity contribution in [1.82, 2.24) is 0 Å². The Hall–Kier alpha value is -2.86. The minimum Gasteiger partial charge on any atom is -0.493 e. The molecule has 0 saturated heterocycles. The maximum Gasteiger partial charge on any atom is 0.268 e. The number of carbonyl (C=O) groups excluding carboxylic acids is 1. The summed E-state index contributed by atoms with van der Waals surface area (Å²) in [7, 11) is 3.67. The third-order valence-electron chi connectivity index (χ3n) is 6.53. The largest absolute Gasteiger partial charge is 0.493 e. The van der Waals surface area contributed by atoms with Gasteiger partial charge >= 0.3 is 0 Å². The second-order valence-corrected chi connectivity index (χ2v) is 10.5. The Morgan fingerprint density at radius 3 is 2.32 bits per heavy atom. The first kappa shape index (κ1) is 28.7. The zero-order valence-corrected chi connectivity index (χ0v) is 23.6. The topological polar surface area (TPSA) is 51.4 Å². The number of aryl methyl sites for hydroxylation is 1. The van der Waals surface area contributed by atoms with Crippen LogP contribution in [-0.2, 0) is 18.3 Å². The molecule has 3 aromatic rings. The molecule has 3 rings (SSSR count). The average Bonchev–Trinajstić information content (AvgIpc) is 3.33. The molecule has 200 valence electrons. The van der Waals surface area contributed by atoms with Crippen LogP contribution in [-0.4, -0.2) is 19.6 Å². The number of nitrogens with zero attached hydrogens (tertiary/aromatic N) is 1. The van der Waals surface area contributed by atoms with Crippen LogP contribution in [0.5, 0.6) is 11.5 Å². The first-order valence-corrected chi connectivity index (χ1v) is 14.6. The summed E-state index contributed by atoms with van der Waals surface area (Å²) in [6.07, 6.45) is 15.3. The van der Waals surface area contributed by atoms with Gasteiger partial charge in [-0.3, -0.25) is 4.79 Å². The molecule has 1 heterocycles. The van der Waals surface area contributed by atoms with E-state index in [0.717, 1.165) is 28.2 Å². The quantitative estimate of drug-likeness (QED) is 0.145. The van der Waals surface area contributed by atoms with Gasteiger partial charge in [0.25, 0.3) is 5.01 Å². The normalized spacial score (nSPS) is 10.9. The lowest BCUT2D eigenvalue weighted by atomic mass is 10.1. The van der Waals surface area contributed by atoms with Gasteiger partial charge in [0, 0.05) is 5.69 Å². The summed E-state index contributed by atoms with van der Waals surface area (Å²) >= 11 is 1.68. The molecular formula is C31H43N2O3S+. The molecule has 1 amide bonds. The number of hydrogen-bond donors (Lipinski definition) is 1. The molecule has 0 aliphatic rings. The lowest BCUT2D eigenvalue weighted by Crippen LogP contribution is -2.26. The summed E-state index contributed by atoms with van der Waals surface area (Å²) in [5.41, 5.74) is 2.78. The molecule has 0 radical (unpaired) electrons. The first-order chi connectivity index (χ1) is 18.1. The van der Waals surface area contributed by atoms with Gasteiger partial charge in [-0.1, -0.05) is 88.2 Å². The predicted octanol–water partition coefficient (Wildman–Crippen LogP) is 7.73. The molecule has 1 N–H and O–H groups in total. The third-order valence-corrected chi connectivity index (χ3v) is 7.53. The SMILES string of the molecule is CCCCCCCCCCCCOc1cc(CC(=O)Nc2cccc(-c3scc[n+]3C)c2)ccc1OC. The summed E-state index contributed by atoms with van der Waals surface area (Å²) in [4.78, 5) is 12.8. The van der Waals surface area contributed by atoms with Crippen LogP contribution in [0.25, 0.3) is 10.6 Å². The summed E-state index contributed by atoms with van der Waals surface area (Å²) in [5, 5.41) is 6.24. The monoisotopic (exact) mass is 523 g/mol. The Bertz CT molecular complexity index is 1100. The molecule has 0 aliphatic carbocycles. The van der Waals surface area contributed by atoms with Crippen LogP contribution in [0.1, 0.15) is 76.7 Å². The number of rotatable bonds is 17. The number of methoxy groups -OCH3 is 1. The highest BCUT2D eigenvalue weighted by Crippen LogP contribution is 2.29. The van der Waals surface area contributed by atoms with Gasteiger partial charge in [0.15, 0.2) is 17.7 Å². The van der Waals surface area contributed by atoms with Crippen molar-refractivity contribution in [3.05, 3.63) is 59.6 Å². The van der Waals surface area contributed by atoms with E-state index in [0.29, 0.717) is 18.1 Å². The number of aromatic nitrogens is 1. The van der Waals surface area contributed by atoms with Crippen LogP contribution in [0, 0.1) is 0 Å². The lowest BCUT2D eigenvalue weighted by Gasteiger charge is -2.13. The number of carbonyl (C=O) groups is 1. The predicted molar refractivity (Wildman–Crippen MR) is 154 cm³/mol. The van der Waals surface area contributed by atoms with Crippen molar-refractivity contribution in [1.29, 1.82) is 0 Å². The van der Waals surface area contributed by atoms with Crippen LogP contribution in [0.4, 0.5) is 5.69 Å². The highest BCUT2D eigenvalue weighted by atomic mass is 32.1. The molecule has 0 atom stereocenters. The molecule has 0 saturated carbocycles. The van der Waals surface area contributed by atoms with Crippen molar-refractivity contribution < 1.29 is 18.8 Å². The van der Waals surface area contributed by atoms with E-state index in [1.165, 1.54) is 57.8 Å². The summed E-state index contributed by atoms with van der Waals surface area (Å²) in [6, 6.07) is 13.7. The van der Waals surface area contributed by atoms with Gasteiger partial charge in [-0.25, -0.2) is 0 Å². The van der Waals surface area contributed by atoms with Crippen molar-refractivity contribution in [3.63, 3.8) is 0 Å². The van der Waals surface area contributed by atoms with Crippen molar-refractivity contribution in [2.24, 2.45) is 7.05 Å². The van der Waals surface area contributed by atoms with E-state index in [9.17, 15) is 4.79 Å². The van der Waals surface area contributed by atoms with E-state index < -0.39 is 0 Å². The van der Waals surface area contributed by atoms with Crippen LogP contribution < -0.4 is 19.4 Å². The minimum atomic E-state index is -0.0569. The fraction of sp³-hybridized carbons (Fsp3) is 0.484. The molecule has 0 fully saturated rings. The smallest absolute Gasteiger partial charge is 0.268 e. The van der Waals surface area contributed by atoms with E-state index in [2.05, 4.69) is 28.3 Å². The number of thiazole rings is 1. The van der Waals surface area contributed by atoms with Gasteiger partial charge < -0.3 is 14.8 Å². The molecule has 6 heteroatoms. The van der Waals surface area contributed by atoms with Crippen molar-refractivity contribution in [3.8, 4) is 22.1 Å². The van der Waals surface area contributed by atoms with Crippen molar-refractivity contribution >= 4 is 22.9 Å². The molecular weight excluding hydrogens is 480 g/mol. The Morgan fingerprint density at radius 1 is 0.919 bits per heavy atom. The number of amides is 1. The number of unbranched alkanes of at least 4 members (excludes halogenated alkanes) is 9. The van der Waals surface area contributed by atoms with Gasteiger partial charge in [-0.05, 0) is 42.3 Å². The number of anilines is 1. The molecule has 0 spiro atoms. The molecule has 1 aromatic heterocycles. The third kappa shape index (κ3) is 9.84. The van der Waals surface area contributed by atoms with Gasteiger partial charge in [-0.15, -0.1) is 0 Å². The molecule has 0 unspecified atom stereocenters. The van der Waals surface area contributed by atoms with E-state index in [1.54, 1.807) is 18.4 Å². The lowest BCUT2D eigenvalue weighted by molar-refractivity contribution is -0.655. The second-order valence-electron chi connectivity index (χ2n) is 9.64. The Balaban J connectivity index is 1.43. The molecule has 0 aliphatic heterocycles. The van der Waals surface area contributed by atoms with Gasteiger partial charge in [0.05, 0.1) is 31.1 Å². The van der Waals surface area contributed by atoms with Crippen LogP contribution in [0.15, 0.2) is 54.0 Å². The minimum absolute atomic E-state index is 0.0569. The average molecular weight is 524 g/mol. The standard InChI is InChI=1S/C31H42N2O3S/c1-4-5-6-7-8-9-10-11-12-13-20-36-29-22-25(17-18-28(29)35-3)23-30(34)32-27-16-14-15-26(24-27)31-33(2)19-21-37-31/h14-19,21-22,24H,4-13,20,23H2,1-3H3/p+1. The van der Waals surface area contributed by atoms with Crippen LogP contribution >= 0.6 is 11.3 Å². The van der Waals surface area contributed by atoms with Crippen molar-refractivity contribution in [2.45, 2.75) is 77.6 Å². The Labute approximate surface area is 226 Å². The van der Waals surface area contributed by atoms with Gasteiger partial charge in [-0.2, -0.15) is 4.57 Å². The fourth-order valence-corrected chi connectivity index (χ4v) is 5.31. The van der Waals surface area contributed by atoms with Gasteiger partial charge in [0.1, 0.15) is 7.05 Å². The highest BCUT2D eigenvalue weighted by molar-refractivity contribution is 7.12. The second kappa shape index (κ2) is 16.1. The number of nitrogens with one attached hydrogen (secondary N) is 1. The Morgan fingerprint density at radius 2 is 1.65 bits per heavy atom. The summed E-state index contributed by atoms with van der Waals surface area (Å²) in [6.45, 7) is 2.92. The number of ether oxygens (including phenoxy) is 2. The van der Waals surface area contributed by atoms with Crippen LogP contribution in [0.2, 0.25) is 0 Å². The molecule has 0 bridgehead atoms. The van der Waals surface area contributed by atoms with E-state index in [-0.39, 0.29) is 12.3 Å². The van der Waals surface area contributed by atoms with Crippen molar-refractivity contribution in [2.75, 3.05) is 19.0 Å². The zero-order valence-electron chi connectivity index (χ0n) is 22.8. The molecule has 5 nitrogen and oxygen atoms in total. The Kier molecular flexibility index (Phi) is 12.5. The van der Waals surface area contributed by atoms with E-state index >= 15 is 0 Å². The fourth-order valence-electron chi connectivity index (χ4n) is 4.44. The maximum absolute atomic E-state index is 12.8. The summed E-state index contributed by atoms with van der Waals surface area (Å²) < 4.78 is 13.6. The van der Waals surface area contributed by atoms with Gasteiger partial charge in [0.2, 0.25) is 5.91 Å². The maximum atomic E-state index is 12.8. The van der Waals surface area contributed by atoms with E-state index in [4.69, 9.17) is 9.47 Å². The highest BCUT2D eigenvalue weighted by Gasteiger charge is 2.13. The van der Waals surface area contributed by atoms with E-state index in [1.807, 2.05) is 49.6 Å². The van der Waals surface area contributed by atoms with Crippen LogP contribution in [0.3, 0.4) is 0 Å². The number of hydrogen-bond acceptors (Lipinski definition) is 4. The molecule has 2 aromatic carbocycles. The zero-order chi connectivity index (χ0) is 26.3. The first-order valence-electron chi connectivity index (χ1n) is 13.7. The molecule has 37 heavy (non-hydrogen) atoms.